The number of nitrogens with one attached hydrogen (secondary N) is 1. The summed E-state index contributed by atoms with van der Waals surface area (Å²) < 4.78 is 42.5. The van der Waals surface area contributed by atoms with E-state index in [9.17, 15) is 18.0 Å². The number of halogens is 6. The first kappa shape index (κ1) is 23.9. The van der Waals surface area contributed by atoms with Gasteiger partial charge in [0.25, 0.3) is 0 Å². The van der Waals surface area contributed by atoms with Crippen LogP contribution >= 0.6 is 34.8 Å². The fourth-order valence-electron chi connectivity index (χ4n) is 3.66. The second-order valence-electron chi connectivity index (χ2n) is 7.96. The number of rotatable bonds is 6. The third-order valence-electron chi connectivity index (χ3n) is 5.44. The van der Waals surface area contributed by atoms with E-state index in [0.29, 0.717) is 46.5 Å². The molecule has 4 rings (SSSR count). The molecule has 0 saturated heterocycles. The number of anilines is 1. The smallest absolute Gasteiger partial charge is 0.321 e. The molecular formula is C21H19Cl3F3N5O. The van der Waals surface area contributed by atoms with Crippen molar-refractivity contribution in [3.63, 3.8) is 0 Å². The van der Waals surface area contributed by atoms with Gasteiger partial charge < -0.3 is 5.32 Å². The van der Waals surface area contributed by atoms with Crippen molar-refractivity contribution in [2.75, 3.05) is 5.32 Å². The zero-order valence-corrected chi connectivity index (χ0v) is 19.9. The van der Waals surface area contributed by atoms with E-state index in [1.165, 1.54) is 0 Å². The topological polar surface area (TPSA) is 64.7 Å². The average Bonchev–Trinajstić information content (AvgIpc) is 3.44. The molecule has 1 amide bonds. The number of alkyl halides is 3. The molecule has 2 aromatic heterocycles. The largest absolute Gasteiger partial charge is 0.436 e. The van der Waals surface area contributed by atoms with Crippen molar-refractivity contribution in [3.8, 4) is 0 Å². The molecule has 0 unspecified atom stereocenters. The zero-order valence-electron chi connectivity index (χ0n) is 17.6. The van der Waals surface area contributed by atoms with Crippen molar-refractivity contribution < 1.29 is 18.0 Å². The molecule has 1 saturated carbocycles. The van der Waals surface area contributed by atoms with Crippen LogP contribution in [0.15, 0.2) is 18.2 Å². The molecule has 0 atom stereocenters. The van der Waals surface area contributed by atoms with Crippen LogP contribution < -0.4 is 5.32 Å². The van der Waals surface area contributed by atoms with Crippen LogP contribution in [0, 0.1) is 13.8 Å². The van der Waals surface area contributed by atoms with Crippen molar-refractivity contribution in [1.82, 2.24) is 19.6 Å². The first-order valence-electron chi connectivity index (χ1n) is 10.1. The lowest BCUT2D eigenvalue weighted by Crippen LogP contribution is -2.22. The Bertz CT molecular complexity index is 1230. The maximum absolute atomic E-state index is 13.3. The molecule has 0 radical (unpaired) electrons. The highest BCUT2D eigenvalue weighted by atomic mass is 35.5. The van der Waals surface area contributed by atoms with E-state index in [1.807, 2.05) is 0 Å². The minimum absolute atomic E-state index is 0.121. The third kappa shape index (κ3) is 5.00. The summed E-state index contributed by atoms with van der Waals surface area (Å²) in [5.41, 5.74) is 1.59. The van der Waals surface area contributed by atoms with Crippen LogP contribution in [-0.2, 0) is 24.1 Å². The molecule has 1 N–H and O–H groups in total. The molecule has 0 aliphatic heterocycles. The van der Waals surface area contributed by atoms with E-state index in [-0.39, 0.29) is 11.6 Å². The van der Waals surface area contributed by atoms with Crippen LogP contribution in [0.1, 0.15) is 47.1 Å². The number of nitrogens with zero attached hydrogens (tertiary/aromatic N) is 4. The Kier molecular flexibility index (Phi) is 6.41. The first-order valence-corrected chi connectivity index (χ1v) is 11.2. The number of carbonyl (C=O) groups excluding carboxylic acids is 1. The minimum atomic E-state index is -4.69. The molecule has 176 valence electrons. The molecule has 0 bridgehead atoms. The number of hydrogen-bond acceptors (Lipinski definition) is 3. The van der Waals surface area contributed by atoms with Gasteiger partial charge in [-0.25, -0.2) is 0 Å². The lowest BCUT2D eigenvalue weighted by Gasteiger charge is -2.10. The van der Waals surface area contributed by atoms with E-state index in [2.05, 4.69) is 15.5 Å². The quantitative estimate of drug-likeness (QED) is 0.418. The van der Waals surface area contributed by atoms with Crippen LogP contribution in [0.25, 0.3) is 0 Å². The van der Waals surface area contributed by atoms with Gasteiger partial charge in [0, 0.05) is 16.0 Å². The maximum Gasteiger partial charge on any atom is 0.436 e. The van der Waals surface area contributed by atoms with Gasteiger partial charge >= 0.3 is 6.18 Å². The van der Waals surface area contributed by atoms with Crippen molar-refractivity contribution in [2.24, 2.45) is 0 Å². The predicted molar refractivity (Wildman–Crippen MR) is 120 cm³/mol. The molecule has 1 aliphatic carbocycles. The summed E-state index contributed by atoms with van der Waals surface area (Å²) in [6, 6.07) is 5.15. The van der Waals surface area contributed by atoms with E-state index < -0.39 is 29.3 Å². The van der Waals surface area contributed by atoms with E-state index in [4.69, 9.17) is 34.8 Å². The second-order valence-corrected chi connectivity index (χ2v) is 9.19. The number of hydrogen-bond donors (Lipinski definition) is 1. The van der Waals surface area contributed by atoms with Crippen LogP contribution in [0.4, 0.5) is 18.9 Å². The van der Waals surface area contributed by atoms with E-state index in [0.717, 1.165) is 10.2 Å². The summed E-state index contributed by atoms with van der Waals surface area (Å²) in [5.74, 6) is -0.649. The highest BCUT2D eigenvalue weighted by Gasteiger charge is 2.42. The van der Waals surface area contributed by atoms with Gasteiger partial charge in [-0.15, -0.1) is 0 Å². The highest BCUT2D eigenvalue weighted by Crippen LogP contribution is 2.46. The molecule has 6 nitrogen and oxygen atoms in total. The number of aryl methyl sites for hydroxylation is 1. The van der Waals surface area contributed by atoms with Gasteiger partial charge in [-0.2, -0.15) is 23.4 Å². The SMILES string of the molecule is Cc1nn(Cc2ccc(Cl)cc2Cl)c(C)c1NC(=O)Cn1nc(C(F)(F)F)c(Cl)c1C1CC1. The molecule has 1 fully saturated rings. The second kappa shape index (κ2) is 8.85. The molecule has 2 heterocycles. The summed E-state index contributed by atoms with van der Waals surface area (Å²) in [7, 11) is 0. The number of aromatic nitrogens is 4. The Morgan fingerprint density at radius 2 is 1.85 bits per heavy atom. The van der Waals surface area contributed by atoms with Crippen LogP contribution in [0.5, 0.6) is 0 Å². The van der Waals surface area contributed by atoms with Crippen LogP contribution in [0.2, 0.25) is 15.1 Å². The predicted octanol–water partition coefficient (Wildman–Crippen LogP) is 6.24. The van der Waals surface area contributed by atoms with Gasteiger partial charge in [-0.3, -0.25) is 14.2 Å². The normalized spacial score (nSPS) is 14.1. The van der Waals surface area contributed by atoms with Gasteiger partial charge in [0.05, 0.1) is 34.3 Å². The van der Waals surface area contributed by atoms with Gasteiger partial charge in [0.1, 0.15) is 6.54 Å². The molecule has 0 spiro atoms. The molecule has 1 aromatic carbocycles. The minimum Gasteiger partial charge on any atom is -0.321 e. The summed E-state index contributed by atoms with van der Waals surface area (Å²) in [4.78, 5) is 12.7. The Morgan fingerprint density at radius 1 is 1.15 bits per heavy atom. The molecule has 1 aliphatic rings. The monoisotopic (exact) mass is 519 g/mol. The fourth-order valence-corrected chi connectivity index (χ4v) is 4.52. The van der Waals surface area contributed by atoms with Gasteiger partial charge in [0.2, 0.25) is 5.91 Å². The van der Waals surface area contributed by atoms with Crippen molar-refractivity contribution in [2.45, 2.75) is 51.9 Å². The first-order chi connectivity index (χ1) is 15.5. The molecular weight excluding hydrogens is 502 g/mol. The van der Waals surface area contributed by atoms with Gasteiger partial charge in [-0.1, -0.05) is 40.9 Å². The van der Waals surface area contributed by atoms with Gasteiger partial charge in [-0.05, 0) is 44.4 Å². The van der Waals surface area contributed by atoms with E-state index in [1.54, 1.807) is 36.7 Å². The van der Waals surface area contributed by atoms with Crippen LogP contribution in [0.3, 0.4) is 0 Å². The third-order valence-corrected chi connectivity index (χ3v) is 6.40. The molecule has 3 aromatic rings. The standard InChI is InChI=1S/C21H19Cl3F3N5O/c1-10-18(11(2)31(29-10)8-13-5-6-14(22)7-15(13)23)28-16(33)9-32-19(12-3-4-12)17(24)20(30-32)21(25,26)27/h5-7,12H,3-4,8-9H2,1-2H3,(H,28,33). The Morgan fingerprint density at radius 3 is 2.45 bits per heavy atom. The van der Waals surface area contributed by atoms with Crippen molar-refractivity contribution in [3.05, 3.63) is 61.6 Å². The summed E-state index contributed by atoms with van der Waals surface area (Å²) in [6.07, 6.45) is -3.27. The number of carbonyl (C=O) groups is 1. The highest BCUT2D eigenvalue weighted by molar-refractivity contribution is 6.35. The molecule has 33 heavy (non-hydrogen) atoms. The lowest BCUT2D eigenvalue weighted by molar-refractivity contribution is -0.141. The number of amides is 1. The Hall–Kier alpha value is -2.23. The van der Waals surface area contributed by atoms with E-state index >= 15 is 0 Å². The summed E-state index contributed by atoms with van der Waals surface area (Å²) in [6.45, 7) is 3.47. The Balaban J connectivity index is 1.54. The summed E-state index contributed by atoms with van der Waals surface area (Å²) >= 11 is 18.2. The number of benzene rings is 1. The lowest BCUT2D eigenvalue weighted by atomic mass is 10.2. The fraction of sp³-hybridized carbons (Fsp3) is 0.381. The van der Waals surface area contributed by atoms with Crippen molar-refractivity contribution >= 4 is 46.4 Å². The average molecular weight is 521 g/mol. The molecule has 12 heteroatoms. The van der Waals surface area contributed by atoms with Crippen LogP contribution in [-0.4, -0.2) is 25.5 Å². The maximum atomic E-state index is 13.3. The van der Waals surface area contributed by atoms with Gasteiger partial charge in [0.15, 0.2) is 5.69 Å². The zero-order chi connectivity index (χ0) is 24.1. The van der Waals surface area contributed by atoms with Crippen molar-refractivity contribution in [1.29, 1.82) is 0 Å². The Labute approximate surface area is 202 Å². The summed E-state index contributed by atoms with van der Waals surface area (Å²) in [5, 5.41) is 11.4.